The van der Waals surface area contributed by atoms with E-state index in [2.05, 4.69) is 10.3 Å². The predicted octanol–water partition coefficient (Wildman–Crippen LogP) is 4.80. The maximum atomic E-state index is 13.7. The van der Waals surface area contributed by atoms with E-state index in [1.807, 2.05) is 60.4 Å². The van der Waals surface area contributed by atoms with Crippen molar-refractivity contribution >= 4 is 44.9 Å². The minimum absolute atomic E-state index is 0.0212. The Bertz CT molecular complexity index is 1770. The van der Waals surface area contributed by atoms with E-state index in [0.29, 0.717) is 40.6 Å². The predicted molar refractivity (Wildman–Crippen MR) is 165 cm³/mol. The molecule has 11 nitrogen and oxygen atoms in total. The second kappa shape index (κ2) is 12.9. The third-order valence-corrected chi connectivity index (χ3v) is 7.99. The van der Waals surface area contributed by atoms with Gasteiger partial charge in [0.1, 0.15) is 5.52 Å². The van der Waals surface area contributed by atoms with Crippen molar-refractivity contribution in [3.63, 3.8) is 0 Å². The Balaban J connectivity index is 1.52. The number of nitrogens with zero attached hydrogens (tertiary/aromatic N) is 2. The molecule has 1 unspecified atom stereocenters. The zero-order chi connectivity index (χ0) is 31.3. The molecule has 0 fully saturated rings. The molecule has 12 heteroatoms. The number of hydrogen-bond acceptors (Lipinski definition) is 9. The number of rotatable bonds is 10. The molecule has 0 saturated carbocycles. The molecular formula is C32H33N3O8S. The Kier molecular flexibility index (Phi) is 9.02. The Morgan fingerprint density at radius 3 is 2.61 bits per heavy atom. The fourth-order valence-corrected chi connectivity index (χ4v) is 5.62. The van der Waals surface area contributed by atoms with Crippen LogP contribution in [0.1, 0.15) is 32.6 Å². The van der Waals surface area contributed by atoms with E-state index in [4.69, 9.17) is 18.4 Å². The minimum Gasteiger partial charge on any atom is -0.465 e. The number of amides is 1. The summed E-state index contributed by atoms with van der Waals surface area (Å²) in [6, 6.07) is 15.0. The molecule has 1 aliphatic heterocycles. The highest BCUT2D eigenvalue weighted by atomic mass is 32.2. The van der Waals surface area contributed by atoms with E-state index in [1.54, 1.807) is 37.3 Å². The Morgan fingerprint density at radius 2 is 1.86 bits per heavy atom. The van der Waals surface area contributed by atoms with Crippen molar-refractivity contribution in [2.24, 2.45) is 5.41 Å². The highest BCUT2D eigenvalue weighted by Crippen LogP contribution is 2.42. The van der Waals surface area contributed by atoms with Gasteiger partial charge in [0.15, 0.2) is 16.7 Å². The first-order chi connectivity index (χ1) is 21.1. The molecular weight excluding hydrogens is 586 g/mol. The molecule has 2 heterocycles. The number of anilines is 1. The molecule has 0 bridgehead atoms. The summed E-state index contributed by atoms with van der Waals surface area (Å²) in [4.78, 5) is 33.6. The van der Waals surface area contributed by atoms with Gasteiger partial charge >= 0.3 is 5.97 Å². The minimum atomic E-state index is -4.33. The molecule has 2 aromatic carbocycles. The number of allylic oxidation sites excluding steroid dienone is 6. The molecule has 2 aliphatic rings. The summed E-state index contributed by atoms with van der Waals surface area (Å²) in [6.45, 7) is 3.96. The number of para-hydroxylation sites is 4. The van der Waals surface area contributed by atoms with Crippen molar-refractivity contribution in [1.29, 1.82) is 0 Å². The highest BCUT2D eigenvalue weighted by molar-refractivity contribution is 7.85. The second-order valence-corrected chi connectivity index (χ2v) is 11.9. The van der Waals surface area contributed by atoms with Gasteiger partial charge < -0.3 is 24.1 Å². The van der Waals surface area contributed by atoms with Gasteiger partial charge in [-0.05, 0) is 68.2 Å². The first-order valence-electron chi connectivity index (χ1n) is 14.2. The fraction of sp³-hybridized carbons (Fsp3) is 0.281. The van der Waals surface area contributed by atoms with Gasteiger partial charge in [-0.3, -0.25) is 14.1 Å². The number of aromatic nitrogens is 1. The van der Waals surface area contributed by atoms with Crippen LogP contribution < -0.4 is 15.0 Å². The third kappa shape index (κ3) is 6.76. The zero-order valence-corrected chi connectivity index (χ0v) is 25.2. The van der Waals surface area contributed by atoms with Gasteiger partial charge in [0.05, 0.1) is 18.0 Å². The molecule has 1 atom stereocenters. The summed E-state index contributed by atoms with van der Waals surface area (Å²) < 4.78 is 49.0. The van der Waals surface area contributed by atoms with Crippen molar-refractivity contribution in [2.45, 2.75) is 26.7 Å². The average Bonchev–Trinajstić information content (AvgIpc) is 3.58. The summed E-state index contributed by atoms with van der Waals surface area (Å²) in [5.41, 5.74) is 1.78. The maximum Gasteiger partial charge on any atom is 0.322 e. The van der Waals surface area contributed by atoms with Crippen LogP contribution in [0.5, 0.6) is 5.75 Å². The smallest absolute Gasteiger partial charge is 0.322 e. The molecule has 1 amide bonds. The molecule has 2 N–H and O–H groups in total. The molecule has 0 saturated heterocycles. The number of carbonyl (C=O) groups is 2. The number of fused-ring (bicyclic) bond motifs is 2. The van der Waals surface area contributed by atoms with Crippen molar-refractivity contribution < 1.29 is 36.5 Å². The van der Waals surface area contributed by atoms with Crippen molar-refractivity contribution in [2.75, 3.05) is 30.3 Å². The Hall–Kier alpha value is -4.68. The van der Waals surface area contributed by atoms with Crippen LogP contribution in [0.3, 0.4) is 0 Å². The van der Waals surface area contributed by atoms with E-state index in [0.717, 1.165) is 11.4 Å². The lowest BCUT2D eigenvalue weighted by Crippen LogP contribution is -2.49. The Labute approximate surface area is 255 Å². The number of benzene rings is 2. The second-order valence-electron chi connectivity index (χ2n) is 10.3. The number of nitrogens with one attached hydrogen (secondary N) is 1. The van der Waals surface area contributed by atoms with E-state index >= 15 is 0 Å². The van der Waals surface area contributed by atoms with Crippen LogP contribution >= 0.6 is 0 Å². The van der Waals surface area contributed by atoms with Crippen LogP contribution in [-0.2, 0) is 24.4 Å². The third-order valence-electron chi connectivity index (χ3n) is 7.27. The summed E-state index contributed by atoms with van der Waals surface area (Å²) in [5.74, 6) is -0.498. The van der Waals surface area contributed by atoms with Gasteiger partial charge in [-0.15, -0.1) is 0 Å². The molecule has 0 spiro atoms. The van der Waals surface area contributed by atoms with Gasteiger partial charge in [0.2, 0.25) is 17.7 Å². The monoisotopic (exact) mass is 619 g/mol. The van der Waals surface area contributed by atoms with Gasteiger partial charge in [-0.25, -0.2) is 4.98 Å². The van der Waals surface area contributed by atoms with Crippen LogP contribution in [0.4, 0.5) is 5.69 Å². The normalized spacial score (nSPS) is 20.2. The molecule has 1 aliphatic carbocycles. The highest BCUT2D eigenvalue weighted by Gasteiger charge is 2.49. The average molecular weight is 620 g/mol. The summed E-state index contributed by atoms with van der Waals surface area (Å²) >= 11 is 0. The van der Waals surface area contributed by atoms with E-state index in [1.165, 1.54) is 0 Å². The fourth-order valence-electron chi connectivity index (χ4n) is 5.26. The van der Waals surface area contributed by atoms with Crippen LogP contribution in [-0.4, -0.2) is 55.3 Å². The van der Waals surface area contributed by atoms with Gasteiger partial charge in [0.25, 0.3) is 10.1 Å². The van der Waals surface area contributed by atoms with Crippen LogP contribution in [0.2, 0.25) is 0 Å². The van der Waals surface area contributed by atoms with E-state index in [-0.39, 0.29) is 26.0 Å². The lowest BCUT2D eigenvalue weighted by molar-refractivity contribution is -0.161. The zero-order valence-electron chi connectivity index (χ0n) is 24.4. The Morgan fingerprint density at radius 1 is 1.09 bits per heavy atom. The number of hydrogen-bond donors (Lipinski definition) is 2. The maximum absolute atomic E-state index is 13.7. The summed E-state index contributed by atoms with van der Waals surface area (Å²) in [5, 5.41) is 2.51. The van der Waals surface area contributed by atoms with Gasteiger partial charge in [-0.1, -0.05) is 42.5 Å². The standard InChI is InChI=1S/C32H33N3O8S/c1-3-35-25-10-6-8-12-27(25)43-29(35)16-14-23-19-22(13-15-28-34-24-9-5-7-11-26(24)42-28)20-32(21-23,31(37)41-4-2)30(36)33-17-18-44(38,39)40/h5-16,19H,3-4,17-18,20-21H2,1-2H3,(H,33,36)(H,38,39,40)/b15-13+,23-14-,29-16-. The van der Waals surface area contributed by atoms with Gasteiger partial charge in [-0.2, -0.15) is 8.42 Å². The molecule has 230 valence electrons. The lowest BCUT2D eigenvalue weighted by Gasteiger charge is -2.34. The summed E-state index contributed by atoms with van der Waals surface area (Å²) in [6.07, 6.45) is 8.78. The molecule has 5 rings (SSSR count). The number of carbonyl (C=O) groups excluding carboxylic acids is 2. The van der Waals surface area contributed by atoms with Crippen molar-refractivity contribution in [1.82, 2.24) is 10.3 Å². The lowest BCUT2D eigenvalue weighted by atomic mass is 9.71. The summed E-state index contributed by atoms with van der Waals surface area (Å²) in [7, 11) is -4.33. The molecule has 1 aromatic heterocycles. The number of esters is 1. The van der Waals surface area contributed by atoms with Crippen LogP contribution in [0.25, 0.3) is 17.2 Å². The SMILES string of the molecule is CCOC(=O)C1(C(=O)NCCS(=O)(=O)O)CC(/C=C/c2nc3ccccc3o2)=CC(=C/C=C2\Oc3ccccc3N2CC)/C1. The first-order valence-corrected chi connectivity index (χ1v) is 15.8. The van der Waals surface area contributed by atoms with Crippen molar-refractivity contribution in [3.05, 3.63) is 95.8 Å². The molecule has 3 aromatic rings. The quantitative estimate of drug-likeness (QED) is 0.184. The largest absolute Gasteiger partial charge is 0.465 e. The van der Waals surface area contributed by atoms with Crippen LogP contribution in [0, 0.1) is 5.41 Å². The topological polar surface area (TPSA) is 148 Å². The number of oxazole rings is 1. The number of ether oxygens (including phenoxy) is 2. The van der Waals surface area contributed by atoms with Crippen molar-refractivity contribution in [3.8, 4) is 5.75 Å². The van der Waals surface area contributed by atoms with E-state index < -0.39 is 33.2 Å². The van der Waals surface area contributed by atoms with Gasteiger partial charge in [0, 0.05) is 19.2 Å². The molecule has 0 radical (unpaired) electrons. The first kappa shape index (κ1) is 30.8. The van der Waals surface area contributed by atoms with E-state index in [9.17, 15) is 18.0 Å². The molecule has 44 heavy (non-hydrogen) atoms. The van der Waals surface area contributed by atoms with Crippen LogP contribution in [0.15, 0.2) is 94.3 Å².